The van der Waals surface area contributed by atoms with Gasteiger partial charge in [0, 0.05) is 151 Å². The topological polar surface area (TPSA) is 443 Å². The van der Waals surface area contributed by atoms with Crippen LogP contribution in [-0.4, -0.2) is 123 Å². The van der Waals surface area contributed by atoms with Crippen molar-refractivity contribution in [3.05, 3.63) is 202 Å². The molecule has 107 heavy (non-hydrogen) atoms. The van der Waals surface area contributed by atoms with Crippen molar-refractivity contribution in [2.24, 2.45) is 22.4 Å². The number of aromatic nitrogens is 14. The standard InChI is InChI=1S/C20H18N6O.C19H18N6.C18H19ClN6O3S.C18H21N5O2S.11H2/c1-3-12-10-22-19(14-5-4-11(2)15(8-14)18(21)27)24-20(12)23-17-9-16(25-26-17)13-6-7-13;1-12-11-21-19(15-4-2-13(3-5-15)8-9-20)23-18(12)22-17-10-16(24-25-17)14-6-7-14;19-14-10-20-17(12-2-1-3-13(8-12)29(27,28)21-6-7-26)23-18(14)22-16-9-15(24-25-16)11-4-5-11;1-12(11-16(19)13-3-4-13)21-17-9-10-20-18(23-17)22-14-5-7-15(8-6-14)26(2,24)25;;;;;;;;;;;/h1,4-5,8-10,13H,6-7H2,2H3,(H2,21,27)(H2,22,23,24,25,26);2-5,10-11,14H,6-8H2,1H3,(H2,21,22,23,24,25);1-3,8-11,21,26H,4-7H2,(H2,20,22,23,24,25);5-11,13H,3-4,19H2,1-2H3,(H,20,22,23);11*1H. The molecule has 7 aromatic heterocycles. The van der Waals surface area contributed by atoms with Gasteiger partial charge < -0.3 is 37.8 Å². The number of anilines is 8. The maximum Gasteiger partial charge on any atom is 0.248 e. The number of sulfonamides is 1. The van der Waals surface area contributed by atoms with Gasteiger partial charge in [-0.25, -0.2) is 61.4 Å². The van der Waals surface area contributed by atoms with Gasteiger partial charge in [-0.05, 0) is 138 Å². The number of aliphatic hydroxyl groups excluding tert-OH is 1. The Kier molecular flexibility index (Phi) is 23.2. The molecular formula is C75H98ClN23O6S2. The molecule has 13 N–H and O–H groups in total. The van der Waals surface area contributed by atoms with Crippen molar-refractivity contribution in [1.82, 2.24) is 75.2 Å². The summed E-state index contributed by atoms with van der Waals surface area (Å²) in [7, 11) is -6.96. The van der Waals surface area contributed by atoms with Gasteiger partial charge in [0.25, 0.3) is 0 Å². The lowest BCUT2D eigenvalue weighted by molar-refractivity contribution is 0.0999. The number of sulfone groups is 1. The summed E-state index contributed by atoms with van der Waals surface area (Å²) >= 11 is 6.22. The van der Waals surface area contributed by atoms with E-state index in [1.807, 2.05) is 81.6 Å². The minimum Gasteiger partial charge on any atom is -0.402 e. The number of nitrogens with one attached hydrogen (secondary N) is 8. The second kappa shape index (κ2) is 33.3. The highest BCUT2D eigenvalue weighted by Crippen LogP contribution is 2.42. The highest BCUT2D eigenvalue weighted by Gasteiger charge is 2.29. The highest BCUT2D eigenvalue weighted by molar-refractivity contribution is 7.90. The number of hydrogen-bond donors (Lipinski definition) is 11. The van der Waals surface area contributed by atoms with Gasteiger partial charge in [0.1, 0.15) is 10.8 Å². The van der Waals surface area contributed by atoms with Gasteiger partial charge in [-0.3, -0.25) is 20.1 Å². The molecular weight excluding hydrogens is 1420 g/mol. The first kappa shape index (κ1) is 74.6. The van der Waals surface area contributed by atoms with E-state index < -0.39 is 25.8 Å². The van der Waals surface area contributed by atoms with E-state index in [1.54, 1.807) is 48.8 Å². The number of aliphatic imine (C=N–C) groups is 1. The van der Waals surface area contributed by atoms with Crippen LogP contribution in [0.4, 0.5) is 52.4 Å². The number of nitrogens with zero attached hydrogens (tertiary/aromatic N) is 13. The van der Waals surface area contributed by atoms with Crippen LogP contribution in [0, 0.1) is 43.4 Å². The molecule has 1 amide bonds. The molecule has 4 aromatic carbocycles. The summed E-state index contributed by atoms with van der Waals surface area (Å²) < 4.78 is 49.9. The summed E-state index contributed by atoms with van der Waals surface area (Å²) in [5.41, 5.74) is 23.0. The smallest absolute Gasteiger partial charge is 0.248 e. The van der Waals surface area contributed by atoms with Crippen LogP contribution < -0.4 is 37.5 Å². The molecule has 0 unspecified atom stereocenters. The zero-order chi connectivity index (χ0) is 75.4. The monoisotopic (exact) mass is 1520 g/mol. The number of H-pyrrole nitrogens is 3. The third kappa shape index (κ3) is 20.4. The Morgan fingerprint density at radius 1 is 0.664 bits per heavy atom. The molecule has 32 heteroatoms. The fourth-order valence-corrected chi connectivity index (χ4v) is 12.6. The number of benzene rings is 4. The second-order valence-corrected chi connectivity index (χ2v) is 30.1. The molecule has 0 aliphatic heterocycles. The third-order valence-corrected chi connectivity index (χ3v) is 20.1. The first-order valence-corrected chi connectivity index (χ1v) is 38.0. The summed E-state index contributed by atoms with van der Waals surface area (Å²) in [6.07, 6.45) is 24.9. The first-order valence-electron chi connectivity index (χ1n) is 34.2. The molecule has 7 heterocycles. The van der Waals surface area contributed by atoms with Crippen LogP contribution in [0.15, 0.2) is 167 Å². The zero-order valence-electron chi connectivity index (χ0n) is 58.7. The third-order valence-electron chi connectivity index (χ3n) is 17.2. The number of rotatable bonds is 24. The summed E-state index contributed by atoms with van der Waals surface area (Å²) in [6.45, 7) is 5.33. The molecule has 0 saturated heterocycles. The number of nitriles is 1. The Morgan fingerprint density at radius 2 is 1.22 bits per heavy atom. The highest BCUT2D eigenvalue weighted by atomic mass is 35.5. The quantitative estimate of drug-likeness (QED) is 0.0198. The van der Waals surface area contributed by atoms with Crippen molar-refractivity contribution in [2.75, 3.05) is 40.7 Å². The van der Waals surface area contributed by atoms with Crippen molar-refractivity contribution >= 4 is 95.4 Å². The van der Waals surface area contributed by atoms with E-state index in [1.165, 1.54) is 68.1 Å². The predicted octanol–water partition coefficient (Wildman–Crippen LogP) is 14.8. The SMILES string of the molecule is C#Cc1cnc(-c2ccc(C)c(C(N)=O)c2)nc1Nc1cc(C2CC2)[nH]n1.CC(C=C(N)C1CC1)=Nc1ccnc(Nc2ccc(S(C)(=O)=O)cc2)n1.Cc1cnc(-c2ccc(CC#N)cc2)nc1Nc1cc(C2CC2)[nH]n1.O=S(=O)(NCCO)c1cccc(-c2ncc(Cl)c(Nc3cc(C4CC4)[nH]n3)n2)c1.[HH].[HH].[HH].[HH].[HH].[HH].[HH].[HH].[HH].[HH].[HH]. The molecule has 15 rings (SSSR count). The Hall–Kier alpha value is -12.1. The van der Waals surface area contributed by atoms with E-state index in [-0.39, 0.29) is 38.6 Å². The van der Waals surface area contributed by atoms with Crippen molar-refractivity contribution < 1.29 is 42.4 Å². The molecule has 4 saturated carbocycles. The average Bonchev–Trinajstić information content (AvgIpc) is 1.14. The lowest BCUT2D eigenvalue weighted by atomic mass is 10.0. The van der Waals surface area contributed by atoms with Crippen LogP contribution in [0.25, 0.3) is 34.2 Å². The van der Waals surface area contributed by atoms with Gasteiger partial charge >= 0.3 is 0 Å². The Bertz CT molecular complexity index is 5500. The number of terminal acetylenes is 1. The predicted molar refractivity (Wildman–Crippen MR) is 432 cm³/mol. The summed E-state index contributed by atoms with van der Waals surface area (Å²) in [5.74, 6) is 10.3. The van der Waals surface area contributed by atoms with E-state index in [0.29, 0.717) is 116 Å². The fourth-order valence-electron chi connectivity index (χ4n) is 10.7. The Morgan fingerprint density at radius 3 is 1.80 bits per heavy atom. The molecule has 0 radical (unpaired) electrons. The number of carbonyl (C=O) groups excluding carboxylic acids is 1. The molecule has 4 fully saturated rings. The van der Waals surface area contributed by atoms with Crippen LogP contribution in [0.1, 0.15) is 141 Å². The number of aryl methyl sites for hydroxylation is 2. The maximum absolute atomic E-state index is 12.3. The molecule has 0 bridgehead atoms. The number of nitrogens with two attached hydrogens (primary N) is 2. The zero-order valence-corrected chi connectivity index (χ0v) is 61.1. The molecule has 568 valence electrons. The summed E-state index contributed by atoms with van der Waals surface area (Å²) in [6, 6.07) is 35.6. The molecule has 0 atom stereocenters. The number of allylic oxidation sites excluding steroid dienone is 2. The van der Waals surface area contributed by atoms with Crippen molar-refractivity contribution in [3.8, 4) is 52.6 Å². The molecule has 4 aliphatic carbocycles. The van der Waals surface area contributed by atoms with E-state index in [4.69, 9.17) is 39.9 Å². The van der Waals surface area contributed by atoms with Crippen molar-refractivity contribution in [2.45, 2.75) is 106 Å². The van der Waals surface area contributed by atoms with Crippen molar-refractivity contribution in [3.63, 3.8) is 0 Å². The fraction of sp³-hybridized carbons (Fsp3) is 0.253. The Balaban J connectivity index is 0.000000764. The van der Waals surface area contributed by atoms with Gasteiger partial charge in [-0.2, -0.15) is 25.5 Å². The molecule has 11 aromatic rings. The van der Waals surface area contributed by atoms with Gasteiger partial charge in [0.05, 0.1) is 40.6 Å². The van der Waals surface area contributed by atoms with E-state index >= 15 is 0 Å². The normalized spacial score (nSPS) is 14.1. The lowest BCUT2D eigenvalue weighted by Crippen LogP contribution is -2.26. The van der Waals surface area contributed by atoms with Gasteiger partial charge in [-0.15, -0.1) is 6.42 Å². The maximum atomic E-state index is 12.3. The van der Waals surface area contributed by atoms with Crippen LogP contribution in [-0.2, 0) is 26.3 Å². The molecule has 0 spiro atoms. The van der Waals surface area contributed by atoms with Crippen LogP contribution in [0.5, 0.6) is 0 Å². The second-order valence-electron chi connectivity index (χ2n) is 25.9. The lowest BCUT2D eigenvalue weighted by Gasteiger charge is -2.09. The molecule has 29 nitrogen and oxygen atoms in total. The first-order chi connectivity index (χ1) is 51.5. The number of amides is 1. The van der Waals surface area contributed by atoms with Crippen LogP contribution in [0.2, 0.25) is 5.02 Å². The molecule has 4 aliphatic rings. The number of aliphatic hydroxyl groups is 1. The number of carbonyl (C=O) groups is 1. The van der Waals surface area contributed by atoms with Crippen LogP contribution in [0.3, 0.4) is 0 Å². The van der Waals surface area contributed by atoms with Gasteiger partial charge in [0.15, 0.2) is 62.2 Å². The van der Waals surface area contributed by atoms with Crippen LogP contribution >= 0.6 is 11.6 Å². The Labute approximate surface area is 638 Å². The average molecular weight is 1520 g/mol. The number of hydrogen-bond acceptors (Lipinski definition) is 24. The van der Waals surface area contributed by atoms with E-state index in [0.717, 1.165) is 82.4 Å². The van der Waals surface area contributed by atoms with E-state index in [2.05, 4.69) is 120 Å². The minimum absolute atomic E-state index is 0. The van der Waals surface area contributed by atoms with Gasteiger partial charge in [-0.1, -0.05) is 66.1 Å². The van der Waals surface area contributed by atoms with Crippen molar-refractivity contribution in [1.29, 1.82) is 5.26 Å². The van der Waals surface area contributed by atoms with E-state index in [9.17, 15) is 21.6 Å². The number of aromatic amines is 3. The minimum atomic E-state index is -3.74. The largest absolute Gasteiger partial charge is 0.402 e. The number of primary amides is 1. The summed E-state index contributed by atoms with van der Waals surface area (Å²) in [4.78, 5) is 51.5. The summed E-state index contributed by atoms with van der Waals surface area (Å²) in [5, 5.41) is 52.4. The van der Waals surface area contributed by atoms with Gasteiger partial charge in [0.2, 0.25) is 21.9 Å². The number of halogens is 1.